The molecule has 1 heterocycles. The molecule has 0 saturated heterocycles. The molecule has 0 fully saturated rings. The summed E-state index contributed by atoms with van der Waals surface area (Å²) in [6.07, 6.45) is 0.658. The number of aromatic nitrogens is 1. The number of carboxylic acids is 1. The SMILES string of the molecule is CCc1nc(N(CC(C)C)C(C)C)sc1C(=O)O. The molecule has 1 aromatic rings. The lowest BCUT2D eigenvalue weighted by Crippen LogP contribution is -2.34. The van der Waals surface area contributed by atoms with E-state index in [-0.39, 0.29) is 0 Å². The quantitative estimate of drug-likeness (QED) is 0.862. The van der Waals surface area contributed by atoms with Crippen molar-refractivity contribution >= 4 is 22.4 Å². The first kappa shape index (κ1) is 15.0. The van der Waals surface area contributed by atoms with Crippen LogP contribution in [0.2, 0.25) is 0 Å². The highest BCUT2D eigenvalue weighted by molar-refractivity contribution is 7.17. The average molecular weight is 270 g/mol. The van der Waals surface area contributed by atoms with Crippen molar-refractivity contribution in [3.63, 3.8) is 0 Å². The minimum absolute atomic E-state index is 0.324. The van der Waals surface area contributed by atoms with Crippen LogP contribution in [0.25, 0.3) is 0 Å². The Kier molecular flexibility index (Phi) is 5.14. The highest BCUT2D eigenvalue weighted by Gasteiger charge is 2.21. The summed E-state index contributed by atoms with van der Waals surface area (Å²) in [5.41, 5.74) is 0.692. The maximum atomic E-state index is 11.2. The third-order valence-electron chi connectivity index (χ3n) is 2.65. The number of rotatable bonds is 6. The Hall–Kier alpha value is -1.10. The zero-order valence-electron chi connectivity index (χ0n) is 11.7. The molecule has 4 nitrogen and oxygen atoms in total. The molecule has 1 N–H and O–H groups in total. The monoisotopic (exact) mass is 270 g/mol. The van der Waals surface area contributed by atoms with Gasteiger partial charge in [0.25, 0.3) is 0 Å². The van der Waals surface area contributed by atoms with Crippen LogP contribution in [-0.4, -0.2) is 28.6 Å². The van der Waals surface area contributed by atoms with E-state index in [4.69, 9.17) is 5.11 Å². The first-order valence-electron chi connectivity index (χ1n) is 6.36. The van der Waals surface area contributed by atoms with E-state index >= 15 is 0 Å². The van der Waals surface area contributed by atoms with Gasteiger partial charge in [0.05, 0.1) is 5.69 Å². The molecule has 0 aliphatic heterocycles. The molecule has 0 unspecified atom stereocenters. The summed E-state index contributed by atoms with van der Waals surface area (Å²) < 4.78 is 0. The highest BCUT2D eigenvalue weighted by Crippen LogP contribution is 2.28. The summed E-state index contributed by atoms with van der Waals surface area (Å²) in [6, 6.07) is 0.324. The Morgan fingerprint density at radius 3 is 2.33 bits per heavy atom. The van der Waals surface area contributed by atoms with Gasteiger partial charge in [-0.15, -0.1) is 0 Å². The molecule has 0 aromatic carbocycles. The van der Waals surface area contributed by atoms with Crippen molar-refractivity contribution in [1.82, 2.24) is 4.98 Å². The average Bonchev–Trinajstić information content (AvgIpc) is 2.68. The van der Waals surface area contributed by atoms with Crippen LogP contribution in [0.5, 0.6) is 0 Å². The predicted octanol–water partition coefficient (Wildman–Crippen LogP) is 3.27. The van der Waals surface area contributed by atoms with E-state index in [1.807, 2.05) is 6.92 Å². The standard InChI is InChI=1S/C13H22N2O2S/c1-6-10-11(12(16)17)18-13(14-10)15(9(4)5)7-8(2)3/h8-9H,6-7H2,1-5H3,(H,16,17). The van der Waals surface area contributed by atoms with Gasteiger partial charge >= 0.3 is 5.97 Å². The highest BCUT2D eigenvalue weighted by atomic mass is 32.1. The van der Waals surface area contributed by atoms with Gasteiger partial charge in [-0.05, 0) is 26.2 Å². The molecular formula is C13H22N2O2S. The zero-order chi connectivity index (χ0) is 13.9. The van der Waals surface area contributed by atoms with Gasteiger partial charge < -0.3 is 10.0 Å². The van der Waals surface area contributed by atoms with Gasteiger partial charge in [0.15, 0.2) is 5.13 Å². The van der Waals surface area contributed by atoms with E-state index in [0.29, 0.717) is 29.0 Å². The second-order valence-electron chi connectivity index (χ2n) is 5.07. The lowest BCUT2D eigenvalue weighted by molar-refractivity contribution is 0.0701. The lowest BCUT2D eigenvalue weighted by Gasteiger charge is -2.27. The van der Waals surface area contributed by atoms with Crippen molar-refractivity contribution in [3.05, 3.63) is 10.6 Å². The second-order valence-corrected chi connectivity index (χ2v) is 6.05. The summed E-state index contributed by atoms with van der Waals surface area (Å²) in [6.45, 7) is 11.4. The van der Waals surface area contributed by atoms with Gasteiger partial charge in [0.2, 0.25) is 0 Å². The summed E-state index contributed by atoms with van der Waals surface area (Å²) >= 11 is 1.29. The molecular weight excluding hydrogens is 248 g/mol. The number of nitrogens with zero attached hydrogens (tertiary/aromatic N) is 2. The number of aromatic carboxylic acids is 1. The fourth-order valence-electron chi connectivity index (χ4n) is 1.77. The van der Waals surface area contributed by atoms with Crippen LogP contribution in [-0.2, 0) is 6.42 Å². The van der Waals surface area contributed by atoms with Crippen molar-refractivity contribution in [2.75, 3.05) is 11.4 Å². The van der Waals surface area contributed by atoms with E-state index < -0.39 is 5.97 Å². The smallest absolute Gasteiger partial charge is 0.347 e. The summed E-state index contributed by atoms with van der Waals surface area (Å²) in [4.78, 5) is 18.2. The second kappa shape index (κ2) is 6.18. The van der Waals surface area contributed by atoms with Crippen LogP contribution in [0, 0.1) is 5.92 Å². The van der Waals surface area contributed by atoms with Crippen LogP contribution in [0.3, 0.4) is 0 Å². The molecule has 0 spiro atoms. The molecule has 0 bridgehead atoms. The maximum Gasteiger partial charge on any atom is 0.347 e. The Balaban J connectivity index is 3.09. The van der Waals surface area contributed by atoms with Crippen molar-refractivity contribution < 1.29 is 9.90 Å². The van der Waals surface area contributed by atoms with Gasteiger partial charge in [-0.3, -0.25) is 0 Å². The number of carboxylic acid groups (broad SMARTS) is 1. The largest absolute Gasteiger partial charge is 0.477 e. The summed E-state index contributed by atoms with van der Waals surface area (Å²) in [5.74, 6) is -0.349. The molecule has 0 aliphatic rings. The predicted molar refractivity (Wildman–Crippen MR) is 75.8 cm³/mol. The normalized spacial score (nSPS) is 11.3. The molecule has 0 radical (unpaired) electrons. The van der Waals surface area contributed by atoms with Crippen LogP contribution in [0.1, 0.15) is 50.0 Å². The van der Waals surface area contributed by atoms with E-state index in [2.05, 4.69) is 37.6 Å². The molecule has 1 rings (SSSR count). The van der Waals surface area contributed by atoms with Gasteiger partial charge in [-0.2, -0.15) is 0 Å². The molecule has 0 aliphatic carbocycles. The van der Waals surface area contributed by atoms with Gasteiger partial charge in [0.1, 0.15) is 4.88 Å². The first-order chi connectivity index (χ1) is 8.36. The number of anilines is 1. The number of thiazole rings is 1. The Bertz CT molecular complexity index is 413. The minimum atomic E-state index is -0.871. The Morgan fingerprint density at radius 1 is 1.39 bits per heavy atom. The van der Waals surface area contributed by atoms with Gasteiger partial charge in [0, 0.05) is 12.6 Å². The van der Waals surface area contributed by atoms with Crippen molar-refractivity contribution in [2.45, 2.75) is 47.1 Å². The van der Waals surface area contributed by atoms with Crippen molar-refractivity contribution in [2.24, 2.45) is 5.92 Å². The molecule has 0 saturated carbocycles. The Morgan fingerprint density at radius 2 is 2.00 bits per heavy atom. The fraction of sp³-hybridized carbons (Fsp3) is 0.692. The number of aryl methyl sites for hydroxylation is 1. The zero-order valence-corrected chi connectivity index (χ0v) is 12.5. The van der Waals surface area contributed by atoms with Crippen LogP contribution in [0.15, 0.2) is 0 Å². The molecule has 5 heteroatoms. The maximum absolute atomic E-state index is 11.2. The van der Waals surface area contributed by atoms with Crippen LogP contribution in [0.4, 0.5) is 5.13 Å². The third-order valence-corrected chi connectivity index (χ3v) is 3.77. The summed E-state index contributed by atoms with van der Waals surface area (Å²) in [7, 11) is 0. The van der Waals surface area contributed by atoms with Crippen LogP contribution < -0.4 is 4.90 Å². The molecule has 18 heavy (non-hydrogen) atoms. The topological polar surface area (TPSA) is 53.4 Å². The van der Waals surface area contributed by atoms with E-state index in [9.17, 15) is 4.79 Å². The molecule has 0 amide bonds. The molecule has 1 aromatic heterocycles. The van der Waals surface area contributed by atoms with Crippen LogP contribution >= 0.6 is 11.3 Å². The van der Waals surface area contributed by atoms with Gasteiger partial charge in [-0.25, -0.2) is 9.78 Å². The fourth-order valence-corrected chi connectivity index (χ4v) is 2.91. The first-order valence-corrected chi connectivity index (χ1v) is 7.18. The number of hydrogen-bond acceptors (Lipinski definition) is 4. The number of carbonyl (C=O) groups is 1. The molecule has 102 valence electrons. The lowest BCUT2D eigenvalue weighted by atomic mass is 10.2. The van der Waals surface area contributed by atoms with Crippen molar-refractivity contribution in [3.8, 4) is 0 Å². The Labute approximate surface area is 113 Å². The summed E-state index contributed by atoms with van der Waals surface area (Å²) in [5, 5.41) is 9.99. The van der Waals surface area contributed by atoms with Crippen molar-refractivity contribution in [1.29, 1.82) is 0 Å². The minimum Gasteiger partial charge on any atom is -0.477 e. The molecule has 0 atom stereocenters. The van der Waals surface area contributed by atoms with E-state index in [0.717, 1.165) is 11.7 Å². The van der Waals surface area contributed by atoms with Gasteiger partial charge in [-0.1, -0.05) is 32.1 Å². The van der Waals surface area contributed by atoms with E-state index in [1.54, 1.807) is 0 Å². The number of hydrogen-bond donors (Lipinski definition) is 1. The van der Waals surface area contributed by atoms with E-state index in [1.165, 1.54) is 11.3 Å². The third kappa shape index (κ3) is 3.45.